The van der Waals surface area contributed by atoms with Crippen molar-refractivity contribution in [1.82, 2.24) is 21.3 Å². The first-order valence-corrected chi connectivity index (χ1v) is 19.3. The average molecular weight is 807 g/mol. The summed E-state index contributed by atoms with van der Waals surface area (Å²) < 4.78 is 20.7. The fourth-order valence-electron chi connectivity index (χ4n) is 4.56. The van der Waals surface area contributed by atoms with Crippen LogP contribution in [0.4, 0.5) is 0 Å². The summed E-state index contributed by atoms with van der Waals surface area (Å²) in [6.45, 7) is 5.75. The topological polar surface area (TPSA) is 282 Å². The summed E-state index contributed by atoms with van der Waals surface area (Å²) in [4.78, 5) is 88.4. The minimum atomic E-state index is -1.23. The smallest absolute Gasteiger partial charge is 0.326 e. The lowest BCUT2D eigenvalue weighted by molar-refractivity contribution is -0.142. The molecule has 56 heavy (non-hydrogen) atoms. The van der Waals surface area contributed by atoms with Crippen LogP contribution >= 0.6 is 0 Å². The number of hydrogen-bond donors (Lipinski definition) is 7. The number of ketones is 1. The number of unbranched alkanes of at least 4 members (excludes halogenated alkanes) is 9. The van der Waals surface area contributed by atoms with Gasteiger partial charge in [0.2, 0.25) is 23.6 Å². The molecular weight excluding hydrogens is 740 g/mol. The summed E-state index contributed by atoms with van der Waals surface area (Å²) in [6.07, 6.45) is 10.3. The molecule has 0 aromatic carbocycles. The number of nitrogens with one attached hydrogen (secondary N) is 4. The number of carboxylic acids is 3. The number of carbonyl (C=O) groups is 8. The maximum Gasteiger partial charge on any atom is 0.326 e. The number of Topliss-reactive ketones (excluding diaryl/α,β-unsaturated/α-hetero) is 1. The van der Waals surface area contributed by atoms with Crippen LogP contribution in [-0.4, -0.2) is 141 Å². The van der Waals surface area contributed by atoms with Gasteiger partial charge in [-0.2, -0.15) is 0 Å². The van der Waals surface area contributed by atoms with Gasteiger partial charge in [-0.05, 0) is 26.2 Å². The Hall–Kier alpha value is -4.20. The van der Waals surface area contributed by atoms with Crippen molar-refractivity contribution < 1.29 is 72.6 Å². The van der Waals surface area contributed by atoms with Crippen molar-refractivity contribution in [3.8, 4) is 0 Å². The van der Waals surface area contributed by atoms with E-state index in [0.717, 1.165) is 57.8 Å². The van der Waals surface area contributed by atoms with Crippen molar-refractivity contribution in [2.45, 2.75) is 116 Å². The molecule has 0 aromatic heterocycles. The molecule has 1 unspecified atom stereocenters. The summed E-state index contributed by atoms with van der Waals surface area (Å²) in [6, 6.07) is -1.18. The van der Waals surface area contributed by atoms with E-state index >= 15 is 0 Å². The molecule has 0 heterocycles. The van der Waals surface area contributed by atoms with Crippen molar-refractivity contribution in [2.75, 3.05) is 72.5 Å². The molecule has 324 valence electrons. The number of ether oxygens (including phenoxy) is 4. The van der Waals surface area contributed by atoms with E-state index in [1.165, 1.54) is 6.92 Å². The number of rotatable bonds is 37. The van der Waals surface area contributed by atoms with Gasteiger partial charge in [-0.15, -0.1) is 0 Å². The fourth-order valence-corrected chi connectivity index (χ4v) is 4.56. The molecule has 0 bridgehead atoms. The van der Waals surface area contributed by atoms with E-state index in [2.05, 4.69) is 21.3 Å². The Morgan fingerprint density at radius 2 is 0.982 bits per heavy atom. The Balaban J connectivity index is 0. The van der Waals surface area contributed by atoms with Crippen molar-refractivity contribution in [2.24, 2.45) is 0 Å². The second-order valence-corrected chi connectivity index (χ2v) is 12.7. The van der Waals surface area contributed by atoms with Crippen LogP contribution in [-0.2, 0) is 57.3 Å². The van der Waals surface area contributed by atoms with Crippen molar-refractivity contribution in [3.05, 3.63) is 0 Å². The molecule has 19 heteroatoms. The minimum Gasteiger partial charge on any atom is -0.481 e. The molecule has 0 radical (unpaired) electrons. The summed E-state index contributed by atoms with van der Waals surface area (Å²) >= 11 is 0. The van der Waals surface area contributed by atoms with Crippen molar-refractivity contribution in [1.29, 1.82) is 0 Å². The average Bonchev–Trinajstić information content (AvgIpc) is 3.14. The largest absolute Gasteiger partial charge is 0.481 e. The van der Waals surface area contributed by atoms with Gasteiger partial charge in [0, 0.05) is 38.8 Å². The van der Waals surface area contributed by atoms with E-state index in [-0.39, 0.29) is 62.4 Å². The van der Waals surface area contributed by atoms with Crippen LogP contribution in [0.15, 0.2) is 0 Å². The third-order valence-corrected chi connectivity index (χ3v) is 7.52. The lowest BCUT2D eigenvalue weighted by Gasteiger charge is -2.14. The lowest BCUT2D eigenvalue weighted by atomic mass is 10.0. The van der Waals surface area contributed by atoms with Crippen LogP contribution in [0.5, 0.6) is 0 Å². The molecule has 1 atom stereocenters. The molecule has 4 amide bonds. The Morgan fingerprint density at radius 3 is 1.46 bits per heavy atom. The first kappa shape index (κ1) is 53.9. The molecular formula is C37H66N4O15. The zero-order valence-electron chi connectivity index (χ0n) is 33.2. The highest BCUT2D eigenvalue weighted by molar-refractivity contribution is 5.85. The molecule has 0 aliphatic carbocycles. The Bertz CT molecular complexity index is 1120. The van der Waals surface area contributed by atoms with Gasteiger partial charge in [-0.1, -0.05) is 58.3 Å². The Labute approximate surface area is 329 Å². The summed E-state index contributed by atoms with van der Waals surface area (Å²) in [7, 11) is 0. The molecule has 7 N–H and O–H groups in total. The predicted molar refractivity (Wildman–Crippen MR) is 203 cm³/mol. The minimum absolute atomic E-state index is 0.0101. The van der Waals surface area contributed by atoms with Gasteiger partial charge in [0.25, 0.3) is 0 Å². The van der Waals surface area contributed by atoms with E-state index in [1.54, 1.807) is 6.92 Å². The SMILES string of the molecule is CCC(=O)NCCOCCOCC(=O)NCCOCCOCC(C)=O.O=C(O)CCCCCCCCCCCCC(=O)NC(CCC(=O)NCC(=O)O)C(=O)O. The van der Waals surface area contributed by atoms with Gasteiger partial charge in [0.1, 0.15) is 25.8 Å². The summed E-state index contributed by atoms with van der Waals surface area (Å²) in [5.74, 6) is -4.39. The summed E-state index contributed by atoms with van der Waals surface area (Å²) in [5, 5.41) is 36.1. The zero-order chi connectivity index (χ0) is 42.2. The molecule has 0 rings (SSSR count). The summed E-state index contributed by atoms with van der Waals surface area (Å²) in [5.41, 5.74) is 0. The molecule has 0 aromatic rings. The van der Waals surface area contributed by atoms with Gasteiger partial charge in [0.15, 0.2) is 5.78 Å². The highest BCUT2D eigenvalue weighted by atomic mass is 16.5. The van der Waals surface area contributed by atoms with Crippen LogP contribution in [0.3, 0.4) is 0 Å². The van der Waals surface area contributed by atoms with E-state index in [4.69, 9.17) is 29.2 Å². The van der Waals surface area contributed by atoms with Crippen LogP contribution in [0, 0.1) is 0 Å². The van der Waals surface area contributed by atoms with Crippen molar-refractivity contribution in [3.63, 3.8) is 0 Å². The molecule has 0 saturated heterocycles. The highest BCUT2D eigenvalue weighted by Gasteiger charge is 2.21. The van der Waals surface area contributed by atoms with Crippen LogP contribution in [0.1, 0.15) is 110 Å². The second-order valence-electron chi connectivity index (χ2n) is 12.7. The second kappa shape index (κ2) is 39.1. The van der Waals surface area contributed by atoms with Crippen LogP contribution < -0.4 is 21.3 Å². The van der Waals surface area contributed by atoms with E-state index in [1.807, 2.05) is 0 Å². The van der Waals surface area contributed by atoms with E-state index in [0.29, 0.717) is 65.6 Å². The molecule has 0 saturated carbocycles. The number of amides is 4. The standard InChI is InChI=1S/C21H36N2O8.C16H30N2O7/c24-17(22-15-20(28)29)14-13-16(21(30)31)23-18(25)11-9-7-5-3-1-2-4-6-8-10-12-19(26)27;1-3-15(20)17-4-6-22-9-11-25-13-16(21)18-5-7-23-8-10-24-12-14(2)19/h16H,1-15H2,(H,22,24)(H,23,25)(H,26,27)(H,28,29)(H,30,31);3-13H2,1-2H3,(H,17,20)(H,18,21). The van der Waals surface area contributed by atoms with E-state index < -0.39 is 36.4 Å². The number of hydrogen-bond acceptors (Lipinski definition) is 12. The van der Waals surface area contributed by atoms with Gasteiger partial charge in [-0.3, -0.25) is 33.6 Å². The number of carboxylic acid groups (broad SMARTS) is 3. The number of aliphatic carboxylic acids is 3. The molecule has 0 fully saturated rings. The van der Waals surface area contributed by atoms with Crippen LogP contribution in [0.2, 0.25) is 0 Å². The zero-order valence-corrected chi connectivity index (χ0v) is 33.2. The molecule has 19 nitrogen and oxygen atoms in total. The fraction of sp³-hybridized carbons (Fsp3) is 0.784. The molecule has 0 spiro atoms. The normalized spacial score (nSPS) is 11.0. The van der Waals surface area contributed by atoms with Gasteiger partial charge in [-0.25, -0.2) is 4.79 Å². The third-order valence-electron chi connectivity index (χ3n) is 7.52. The van der Waals surface area contributed by atoms with Gasteiger partial charge in [0.05, 0.1) is 39.6 Å². The van der Waals surface area contributed by atoms with Gasteiger partial charge >= 0.3 is 17.9 Å². The Kier molecular flexibility index (Phi) is 37.6. The first-order valence-electron chi connectivity index (χ1n) is 19.3. The van der Waals surface area contributed by atoms with E-state index in [9.17, 15) is 43.5 Å². The number of carbonyl (C=O) groups excluding carboxylic acids is 5. The first-order chi connectivity index (χ1) is 26.8. The molecule has 0 aliphatic rings. The van der Waals surface area contributed by atoms with Crippen molar-refractivity contribution >= 4 is 47.3 Å². The quantitative estimate of drug-likeness (QED) is 0.0439. The maximum atomic E-state index is 11.9. The maximum absolute atomic E-state index is 11.9. The Morgan fingerprint density at radius 1 is 0.500 bits per heavy atom. The molecule has 0 aliphatic heterocycles. The monoisotopic (exact) mass is 806 g/mol. The highest BCUT2D eigenvalue weighted by Crippen LogP contribution is 2.12. The van der Waals surface area contributed by atoms with Crippen LogP contribution in [0.25, 0.3) is 0 Å². The predicted octanol–water partition coefficient (Wildman–Crippen LogP) is 1.59. The van der Waals surface area contributed by atoms with Gasteiger partial charge < -0.3 is 55.5 Å². The third kappa shape index (κ3) is 42.5. The lowest BCUT2D eigenvalue weighted by Crippen LogP contribution is -2.41.